The normalized spacial score (nSPS) is 18.3. The van der Waals surface area contributed by atoms with Crippen LogP contribution in [0.15, 0.2) is 24.5 Å². The molecule has 2 aromatic rings. The topological polar surface area (TPSA) is 27.1 Å². The van der Waals surface area contributed by atoms with Crippen molar-refractivity contribution in [3.63, 3.8) is 0 Å². The Morgan fingerprint density at radius 1 is 1.38 bits per heavy atom. The fourth-order valence-electron chi connectivity index (χ4n) is 2.71. The summed E-state index contributed by atoms with van der Waals surface area (Å²) >= 11 is 0. The lowest BCUT2D eigenvalue weighted by Gasteiger charge is -2.12. The highest BCUT2D eigenvalue weighted by Crippen LogP contribution is 2.27. The first kappa shape index (κ1) is 14.2. The quantitative estimate of drug-likeness (QED) is 0.861. The van der Waals surface area contributed by atoms with Gasteiger partial charge in [-0.15, -0.1) is 0 Å². The van der Waals surface area contributed by atoms with Crippen LogP contribution in [0.4, 0.5) is 8.78 Å². The van der Waals surface area contributed by atoms with Crippen LogP contribution in [0.5, 0.6) is 0 Å². The molecule has 0 radical (unpaired) electrons. The maximum atomic E-state index is 14.2. The van der Waals surface area contributed by atoms with E-state index in [1.54, 1.807) is 19.3 Å². The van der Waals surface area contributed by atoms with Gasteiger partial charge in [-0.2, -0.15) is 0 Å². The van der Waals surface area contributed by atoms with Crippen molar-refractivity contribution in [1.82, 2.24) is 9.55 Å². The van der Waals surface area contributed by atoms with E-state index >= 15 is 0 Å². The second kappa shape index (κ2) is 5.93. The van der Waals surface area contributed by atoms with Gasteiger partial charge in [0.25, 0.3) is 0 Å². The smallest absolute Gasteiger partial charge is 0.145 e. The second-order valence-corrected chi connectivity index (χ2v) is 5.52. The van der Waals surface area contributed by atoms with Crippen LogP contribution in [-0.2, 0) is 11.3 Å². The Morgan fingerprint density at radius 3 is 3.00 bits per heavy atom. The molecule has 0 aliphatic carbocycles. The van der Waals surface area contributed by atoms with Crippen molar-refractivity contribution in [2.75, 3.05) is 13.2 Å². The van der Waals surface area contributed by atoms with E-state index in [9.17, 15) is 8.78 Å². The number of hydrogen-bond donors (Lipinski definition) is 0. The third kappa shape index (κ3) is 2.83. The Kier molecular flexibility index (Phi) is 4.01. The molecule has 2 heterocycles. The lowest BCUT2D eigenvalue weighted by Crippen LogP contribution is -2.08. The molecule has 1 unspecified atom stereocenters. The zero-order chi connectivity index (χ0) is 14.8. The van der Waals surface area contributed by atoms with Crippen molar-refractivity contribution in [3.8, 4) is 11.4 Å². The standard InChI is InChI=1S/C16H18F2N2O/c1-11-2-3-13(17)14(15(11)18)16-19-6-8-20(16)7-4-12-5-9-21-10-12/h2-3,6,8,12H,4-5,7,9-10H2,1H3. The van der Waals surface area contributed by atoms with Crippen molar-refractivity contribution in [1.29, 1.82) is 0 Å². The number of ether oxygens (including phenoxy) is 1. The van der Waals surface area contributed by atoms with Crippen LogP contribution in [0, 0.1) is 24.5 Å². The van der Waals surface area contributed by atoms with E-state index in [-0.39, 0.29) is 5.56 Å². The van der Waals surface area contributed by atoms with Gasteiger partial charge in [0.2, 0.25) is 0 Å². The zero-order valence-corrected chi connectivity index (χ0v) is 12.0. The summed E-state index contributed by atoms with van der Waals surface area (Å²) in [7, 11) is 0. The Morgan fingerprint density at radius 2 is 2.24 bits per heavy atom. The number of halogens is 2. The number of aromatic nitrogens is 2. The molecule has 0 saturated carbocycles. The van der Waals surface area contributed by atoms with Crippen LogP contribution in [0.25, 0.3) is 11.4 Å². The van der Waals surface area contributed by atoms with Gasteiger partial charge in [-0.3, -0.25) is 0 Å². The number of nitrogens with zero attached hydrogens (tertiary/aromatic N) is 2. The molecule has 21 heavy (non-hydrogen) atoms. The SMILES string of the molecule is Cc1ccc(F)c(-c2nccn2CCC2CCOC2)c1F. The minimum Gasteiger partial charge on any atom is -0.381 e. The predicted octanol–water partition coefficient (Wildman–Crippen LogP) is 3.56. The number of rotatable bonds is 4. The summed E-state index contributed by atoms with van der Waals surface area (Å²) in [6.45, 7) is 3.90. The van der Waals surface area contributed by atoms with E-state index < -0.39 is 11.6 Å². The predicted molar refractivity (Wildman–Crippen MR) is 75.9 cm³/mol. The summed E-state index contributed by atoms with van der Waals surface area (Å²) in [6.07, 6.45) is 5.34. The van der Waals surface area contributed by atoms with Gasteiger partial charge in [-0.1, -0.05) is 6.07 Å². The molecule has 1 saturated heterocycles. The van der Waals surface area contributed by atoms with Crippen LogP contribution in [-0.4, -0.2) is 22.8 Å². The summed E-state index contributed by atoms with van der Waals surface area (Å²) in [5, 5.41) is 0. The van der Waals surface area contributed by atoms with Gasteiger partial charge in [-0.25, -0.2) is 13.8 Å². The number of benzene rings is 1. The van der Waals surface area contributed by atoms with Gasteiger partial charge in [-0.05, 0) is 37.3 Å². The van der Waals surface area contributed by atoms with Gasteiger partial charge >= 0.3 is 0 Å². The van der Waals surface area contributed by atoms with Gasteiger partial charge < -0.3 is 9.30 Å². The lowest BCUT2D eigenvalue weighted by molar-refractivity contribution is 0.183. The van der Waals surface area contributed by atoms with Crippen LogP contribution in [0.2, 0.25) is 0 Å². The first-order valence-electron chi connectivity index (χ1n) is 7.20. The van der Waals surface area contributed by atoms with Crippen molar-refractivity contribution >= 4 is 0 Å². The van der Waals surface area contributed by atoms with E-state index in [4.69, 9.17) is 4.74 Å². The van der Waals surface area contributed by atoms with Gasteiger partial charge in [0.15, 0.2) is 0 Å². The van der Waals surface area contributed by atoms with Gasteiger partial charge in [0, 0.05) is 32.2 Å². The van der Waals surface area contributed by atoms with E-state index in [1.165, 1.54) is 12.1 Å². The minimum atomic E-state index is -0.574. The Hall–Kier alpha value is -1.75. The molecule has 3 rings (SSSR count). The highest BCUT2D eigenvalue weighted by atomic mass is 19.1. The summed E-state index contributed by atoms with van der Waals surface area (Å²) in [5.74, 6) is -0.235. The fourth-order valence-corrected chi connectivity index (χ4v) is 2.71. The van der Waals surface area contributed by atoms with Crippen molar-refractivity contribution < 1.29 is 13.5 Å². The first-order chi connectivity index (χ1) is 10.2. The summed E-state index contributed by atoms with van der Waals surface area (Å²) in [6, 6.07) is 2.73. The zero-order valence-electron chi connectivity index (χ0n) is 12.0. The van der Waals surface area contributed by atoms with Crippen LogP contribution in [0.1, 0.15) is 18.4 Å². The molecule has 0 N–H and O–H groups in total. The van der Waals surface area contributed by atoms with Crippen LogP contribution < -0.4 is 0 Å². The largest absolute Gasteiger partial charge is 0.381 e. The minimum absolute atomic E-state index is 0.0392. The third-order valence-electron chi connectivity index (χ3n) is 4.03. The van der Waals surface area contributed by atoms with Crippen molar-refractivity contribution in [3.05, 3.63) is 41.7 Å². The monoisotopic (exact) mass is 292 g/mol. The van der Waals surface area contributed by atoms with E-state index in [1.807, 2.05) is 4.57 Å². The molecule has 1 aromatic carbocycles. The second-order valence-electron chi connectivity index (χ2n) is 5.52. The average molecular weight is 292 g/mol. The van der Waals surface area contributed by atoms with Gasteiger partial charge in [0.1, 0.15) is 17.5 Å². The molecule has 1 atom stereocenters. The molecule has 112 valence electrons. The molecular formula is C16H18F2N2O. The number of hydrogen-bond acceptors (Lipinski definition) is 2. The molecule has 3 nitrogen and oxygen atoms in total. The van der Waals surface area contributed by atoms with E-state index in [0.29, 0.717) is 23.9 Å². The van der Waals surface area contributed by atoms with E-state index in [2.05, 4.69) is 4.98 Å². The molecule has 1 aromatic heterocycles. The van der Waals surface area contributed by atoms with Gasteiger partial charge in [0.05, 0.1) is 5.56 Å². The Labute approximate surface area is 122 Å². The molecule has 1 aliphatic heterocycles. The lowest BCUT2D eigenvalue weighted by atomic mass is 10.1. The average Bonchev–Trinajstić information content (AvgIpc) is 3.12. The fraction of sp³-hybridized carbons (Fsp3) is 0.438. The molecule has 0 bridgehead atoms. The number of aryl methyl sites for hydroxylation is 2. The summed E-state index contributed by atoms with van der Waals surface area (Å²) in [5.41, 5.74) is 0.382. The maximum Gasteiger partial charge on any atom is 0.145 e. The molecule has 1 fully saturated rings. The van der Waals surface area contributed by atoms with Crippen molar-refractivity contribution in [2.24, 2.45) is 5.92 Å². The maximum absolute atomic E-state index is 14.2. The molecule has 1 aliphatic rings. The molecular weight excluding hydrogens is 274 g/mol. The Bertz CT molecular complexity index is 633. The highest BCUT2D eigenvalue weighted by Gasteiger charge is 2.20. The van der Waals surface area contributed by atoms with Crippen LogP contribution in [0.3, 0.4) is 0 Å². The highest BCUT2D eigenvalue weighted by molar-refractivity contribution is 5.59. The van der Waals surface area contributed by atoms with Crippen molar-refractivity contribution in [2.45, 2.75) is 26.3 Å². The number of imidazole rings is 1. The Balaban J connectivity index is 1.86. The van der Waals surface area contributed by atoms with Crippen LogP contribution >= 0.6 is 0 Å². The first-order valence-corrected chi connectivity index (χ1v) is 7.20. The van der Waals surface area contributed by atoms with E-state index in [0.717, 1.165) is 26.1 Å². The molecule has 0 amide bonds. The summed E-state index contributed by atoms with van der Waals surface area (Å²) < 4.78 is 35.4. The summed E-state index contributed by atoms with van der Waals surface area (Å²) in [4.78, 5) is 4.15. The third-order valence-corrected chi connectivity index (χ3v) is 4.03. The molecule has 5 heteroatoms. The molecule has 0 spiro atoms.